The molecule has 168 valence electrons. The Balaban J connectivity index is 1.56. The Morgan fingerprint density at radius 2 is 1.71 bits per heavy atom. The van der Waals surface area contributed by atoms with Crippen LogP contribution in [0.5, 0.6) is 0 Å². The second-order valence-electron chi connectivity index (χ2n) is 7.50. The molecule has 10 heteroatoms. The average Bonchev–Trinajstić information content (AvgIpc) is 3.21. The SMILES string of the molecule is Cc1ccc2nc(Nc3nc(C)c(C(=O)Nc4ncccn4)c(-c4ccc(F)cc4)n3)sc2c1. The maximum Gasteiger partial charge on any atom is 0.262 e. The number of carbonyl (C=O) groups excluding carboxylic acids is 1. The Morgan fingerprint density at radius 1 is 0.941 bits per heavy atom. The van der Waals surface area contributed by atoms with E-state index in [-0.39, 0.29) is 23.3 Å². The smallest absolute Gasteiger partial charge is 0.262 e. The van der Waals surface area contributed by atoms with Crippen molar-refractivity contribution in [3.63, 3.8) is 0 Å². The largest absolute Gasteiger partial charge is 0.300 e. The Morgan fingerprint density at radius 3 is 2.47 bits per heavy atom. The number of halogens is 1. The first kappa shape index (κ1) is 21.5. The molecule has 0 aliphatic heterocycles. The highest BCUT2D eigenvalue weighted by Gasteiger charge is 2.21. The quantitative estimate of drug-likeness (QED) is 0.358. The fourth-order valence-electron chi connectivity index (χ4n) is 3.43. The van der Waals surface area contributed by atoms with Gasteiger partial charge in [-0.2, -0.15) is 0 Å². The topological polar surface area (TPSA) is 106 Å². The molecule has 5 aromatic rings. The maximum atomic E-state index is 13.6. The fraction of sp³-hybridized carbons (Fsp3) is 0.0833. The lowest BCUT2D eigenvalue weighted by Gasteiger charge is -2.13. The molecule has 0 fully saturated rings. The molecule has 0 unspecified atom stereocenters. The van der Waals surface area contributed by atoms with Crippen LogP contribution < -0.4 is 10.6 Å². The van der Waals surface area contributed by atoms with Gasteiger partial charge in [0.15, 0.2) is 5.13 Å². The summed E-state index contributed by atoms with van der Waals surface area (Å²) in [5.41, 5.74) is 3.60. The standard InChI is InChI=1S/C24H18FN7OS/c1-13-4-9-17-18(12-13)34-24(29-17)32-23-28-14(2)19(21(33)31-22-26-10-3-11-27-22)20(30-23)15-5-7-16(25)8-6-15/h3-12H,1-2H3,(H,26,27,31,33)(H,28,29,30,32). The van der Waals surface area contributed by atoms with E-state index in [1.807, 2.05) is 19.1 Å². The maximum absolute atomic E-state index is 13.6. The highest BCUT2D eigenvalue weighted by Crippen LogP contribution is 2.30. The molecule has 1 amide bonds. The lowest BCUT2D eigenvalue weighted by atomic mass is 10.0. The first-order chi connectivity index (χ1) is 16.5. The first-order valence-electron chi connectivity index (χ1n) is 10.3. The van der Waals surface area contributed by atoms with Crippen LogP contribution in [-0.4, -0.2) is 30.8 Å². The number of carbonyl (C=O) groups is 1. The number of nitrogens with zero attached hydrogens (tertiary/aromatic N) is 5. The lowest BCUT2D eigenvalue weighted by Crippen LogP contribution is -2.18. The molecule has 0 atom stereocenters. The van der Waals surface area contributed by atoms with E-state index in [2.05, 4.69) is 41.6 Å². The zero-order chi connectivity index (χ0) is 23.7. The third kappa shape index (κ3) is 4.44. The third-order valence-corrected chi connectivity index (χ3v) is 5.92. The second kappa shape index (κ2) is 8.91. The number of hydrogen-bond donors (Lipinski definition) is 2. The molecule has 0 aliphatic rings. The van der Waals surface area contributed by atoms with Crippen LogP contribution in [0.4, 0.5) is 21.4 Å². The van der Waals surface area contributed by atoms with Crippen molar-refractivity contribution >= 4 is 44.5 Å². The Labute approximate surface area is 198 Å². The number of aromatic nitrogens is 5. The number of thiazole rings is 1. The molecule has 0 aliphatic carbocycles. The molecule has 2 aromatic carbocycles. The van der Waals surface area contributed by atoms with Crippen LogP contribution in [0, 0.1) is 19.7 Å². The van der Waals surface area contributed by atoms with Gasteiger partial charge in [-0.15, -0.1) is 0 Å². The number of aryl methyl sites for hydroxylation is 2. The van der Waals surface area contributed by atoms with Crippen molar-refractivity contribution in [1.29, 1.82) is 0 Å². The van der Waals surface area contributed by atoms with Crippen molar-refractivity contribution in [2.24, 2.45) is 0 Å². The molecule has 2 N–H and O–H groups in total. The Hall–Kier alpha value is -4.31. The van der Waals surface area contributed by atoms with Crippen LogP contribution in [0.2, 0.25) is 0 Å². The molecule has 0 saturated carbocycles. The van der Waals surface area contributed by atoms with Gasteiger partial charge in [0, 0.05) is 18.0 Å². The van der Waals surface area contributed by atoms with E-state index in [9.17, 15) is 9.18 Å². The van der Waals surface area contributed by atoms with E-state index in [1.54, 1.807) is 25.1 Å². The molecule has 0 saturated heterocycles. The van der Waals surface area contributed by atoms with Crippen LogP contribution in [0.15, 0.2) is 60.9 Å². The van der Waals surface area contributed by atoms with Gasteiger partial charge in [-0.25, -0.2) is 29.3 Å². The van der Waals surface area contributed by atoms with Gasteiger partial charge < -0.3 is 0 Å². The lowest BCUT2D eigenvalue weighted by molar-refractivity contribution is 0.102. The molecule has 0 radical (unpaired) electrons. The molecular weight excluding hydrogens is 453 g/mol. The summed E-state index contributed by atoms with van der Waals surface area (Å²) in [6.45, 7) is 3.74. The highest BCUT2D eigenvalue weighted by molar-refractivity contribution is 7.22. The van der Waals surface area contributed by atoms with Crippen molar-refractivity contribution in [1.82, 2.24) is 24.9 Å². The summed E-state index contributed by atoms with van der Waals surface area (Å²) in [7, 11) is 0. The zero-order valence-corrected chi connectivity index (χ0v) is 19.0. The number of benzene rings is 2. The molecule has 0 bridgehead atoms. The third-order valence-electron chi connectivity index (χ3n) is 4.99. The summed E-state index contributed by atoms with van der Waals surface area (Å²) in [6.07, 6.45) is 3.05. The first-order valence-corrected chi connectivity index (χ1v) is 11.1. The number of amides is 1. The van der Waals surface area contributed by atoms with Gasteiger partial charge in [0.25, 0.3) is 5.91 Å². The normalized spacial score (nSPS) is 10.9. The summed E-state index contributed by atoms with van der Waals surface area (Å²) in [6, 6.07) is 13.4. The van der Waals surface area contributed by atoms with Crippen molar-refractivity contribution in [3.8, 4) is 11.3 Å². The van der Waals surface area contributed by atoms with E-state index in [4.69, 9.17) is 0 Å². The van der Waals surface area contributed by atoms with Crippen LogP contribution in [0.3, 0.4) is 0 Å². The van der Waals surface area contributed by atoms with Crippen molar-refractivity contribution in [2.45, 2.75) is 13.8 Å². The van der Waals surface area contributed by atoms with Crippen LogP contribution >= 0.6 is 11.3 Å². The Bertz CT molecular complexity index is 1500. The molecule has 34 heavy (non-hydrogen) atoms. The van der Waals surface area contributed by atoms with E-state index < -0.39 is 5.91 Å². The molecule has 0 spiro atoms. The fourth-order valence-corrected chi connectivity index (χ4v) is 4.38. The van der Waals surface area contributed by atoms with E-state index in [1.165, 1.54) is 35.9 Å². The van der Waals surface area contributed by atoms with Gasteiger partial charge >= 0.3 is 0 Å². The minimum Gasteiger partial charge on any atom is -0.300 e. The molecule has 3 aromatic heterocycles. The van der Waals surface area contributed by atoms with Gasteiger partial charge in [-0.05, 0) is 61.9 Å². The minimum atomic E-state index is -0.468. The Kier molecular flexibility index (Phi) is 5.64. The van der Waals surface area contributed by atoms with Crippen molar-refractivity contribution < 1.29 is 9.18 Å². The van der Waals surface area contributed by atoms with Gasteiger partial charge in [0.1, 0.15) is 5.82 Å². The van der Waals surface area contributed by atoms with Gasteiger partial charge in [-0.3, -0.25) is 15.4 Å². The van der Waals surface area contributed by atoms with Crippen molar-refractivity contribution in [3.05, 3.63) is 83.6 Å². The van der Waals surface area contributed by atoms with Crippen LogP contribution in [0.25, 0.3) is 21.5 Å². The predicted molar refractivity (Wildman–Crippen MR) is 130 cm³/mol. The number of hydrogen-bond acceptors (Lipinski definition) is 8. The number of fused-ring (bicyclic) bond motifs is 1. The highest BCUT2D eigenvalue weighted by atomic mass is 32.1. The number of nitrogens with one attached hydrogen (secondary N) is 2. The number of rotatable bonds is 5. The predicted octanol–water partition coefficient (Wildman–Crippen LogP) is 5.30. The van der Waals surface area contributed by atoms with Gasteiger partial charge in [0.05, 0.1) is 27.2 Å². The second-order valence-corrected chi connectivity index (χ2v) is 8.54. The van der Waals surface area contributed by atoms with Crippen molar-refractivity contribution in [2.75, 3.05) is 10.6 Å². The monoisotopic (exact) mass is 471 g/mol. The summed E-state index contributed by atoms with van der Waals surface area (Å²) in [5, 5.41) is 6.44. The molecular formula is C24H18FN7OS. The van der Waals surface area contributed by atoms with Gasteiger partial charge in [-0.1, -0.05) is 17.4 Å². The summed E-state index contributed by atoms with van der Waals surface area (Å²) >= 11 is 1.48. The molecule has 5 rings (SSSR count). The molecule has 8 nitrogen and oxygen atoms in total. The van der Waals surface area contributed by atoms with E-state index in [0.29, 0.717) is 22.1 Å². The summed E-state index contributed by atoms with van der Waals surface area (Å²) in [4.78, 5) is 34.9. The van der Waals surface area contributed by atoms with E-state index >= 15 is 0 Å². The van der Waals surface area contributed by atoms with Gasteiger partial charge in [0.2, 0.25) is 11.9 Å². The average molecular weight is 472 g/mol. The molecule has 3 heterocycles. The number of anilines is 3. The van der Waals surface area contributed by atoms with Crippen LogP contribution in [0.1, 0.15) is 21.6 Å². The zero-order valence-electron chi connectivity index (χ0n) is 18.2. The van der Waals surface area contributed by atoms with E-state index in [0.717, 1.165) is 15.8 Å². The summed E-state index contributed by atoms with van der Waals surface area (Å²) < 4.78 is 14.6. The minimum absolute atomic E-state index is 0.156. The van der Waals surface area contributed by atoms with Crippen LogP contribution in [-0.2, 0) is 0 Å². The summed E-state index contributed by atoms with van der Waals surface area (Å²) in [5.74, 6) is -0.421.